The van der Waals surface area contributed by atoms with Crippen LogP contribution in [0.3, 0.4) is 0 Å². The summed E-state index contributed by atoms with van der Waals surface area (Å²) in [4.78, 5) is 23.5. The van der Waals surface area contributed by atoms with E-state index in [0.717, 1.165) is 11.1 Å². The van der Waals surface area contributed by atoms with Crippen molar-refractivity contribution in [3.63, 3.8) is 0 Å². The maximum Gasteiger partial charge on any atom is 0.408 e. The van der Waals surface area contributed by atoms with Crippen molar-refractivity contribution in [1.29, 1.82) is 0 Å². The van der Waals surface area contributed by atoms with Gasteiger partial charge in [-0.3, -0.25) is 0 Å². The highest BCUT2D eigenvalue weighted by atomic mass is 16.6. The summed E-state index contributed by atoms with van der Waals surface area (Å²) < 4.78 is 5.14. The summed E-state index contributed by atoms with van der Waals surface area (Å²) in [6.45, 7) is 5.18. The Balaban J connectivity index is 2.14. The van der Waals surface area contributed by atoms with Crippen LogP contribution >= 0.6 is 0 Å². The van der Waals surface area contributed by atoms with E-state index in [1.165, 1.54) is 0 Å². The molecule has 0 aliphatic heterocycles. The molecule has 5 nitrogen and oxygen atoms in total. The number of nitrogens with one attached hydrogen (secondary N) is 1. The minimum Gasteiger partial charge on any atom is -0.479 e. The molecule has 2 N–H and O–H groups in total. The van der Waals surface area contributed by atoms with Gasteiger partial charge in [-0.25, -0.2) is 9.59 Å². The summed E-state index contributed by atoms with van der Waals surface area (Å²) in [7, 11) is 0. The van der Waals surface area contributed by atoms with Crippen LogP contribution in [0.15, 0.2) is 24.3 Å². The van der Waals surface area contributed by atoms with E-state index in [1.54, 1.807) is 45.0 Å². The molecule has 1 aromatic carbocycles. The molecule has 116 valence electrons. The average Bonchev–Trinajstić information content (AvgIpc) is 3.12. The Morgan fingerprint density at radius 3 is 2.41 bits per heavy atom. The van der Waals surface area contributed by atoms with Crippen LogP contribution in [0.4, 0.5) is 4.79 Å². The fourth-order valence-corrected chi connectivity index (χ4v) is 2.39. The molecular formula is C17H19NO4. The number of carbonyl (C=O) groups excluding carboxylic acids is 1. The van der Waals surface area contributed by atoms with E-state index >= 15 is 0 Å². The second-order valence-electron chi connectivity index (χ2n) is 6.43. The first-order valence-corrected chi connectivity index (χ1v) is 6.99. The minimum absolute atomic E-state index is 0.288. The molecule has 5 heteroatoms. The van der Waals surface area contributed by atoms with Gasteiger partial charge in [0.15, 0.2) is 0 Å². The zero-order chi connectivity index (χ0) is 16.5. The van der Waals surface area contributed by atoms with E-state index in [2.05, 4.69) is 11.2 Å². The Labute approximate surface area is 129 Å². The highest BCUT2D eigenvalue weighted by molar-refractivity contribution is 5.90. The molecule has 2 rings (SSSR count). The molecule has 1 fully saturated rings. The van der Waals surface area contributed by atoms with Gasteiger partial charge < -0.3 is 15.2 Å². The van der Waals surface area contributed by atoms with Crippen LogP contribution in [0.2, 0.25) is 0 Å². The van der Waals surface area contributed by atoms with Crippen LogP contribution in [0, 0.1) is 12.3 Å². The van der Waals surface area contributed by atoms with Crippen molar-refractivity contribution in [2.75, 3.05) is 0 Å². The first-order valence-electron chi connectivity index (χ1n) is 6.99. The Morgan fingerprint density at radius 2 is 1.95 bits per heavy atom. The van der Waals surface area contributed by atoms with Crippen molar-refractivity contribution in [3.8, 4) is 12.3 Å². The normalized spacial score (nSPS) is 23.3. The molecule has 0 unspecified atom stereocenters. The van der Waals surface area contributed by atoms with Crippen LogP contribution in [0.5, 0.6) is 0 Å². The third-order valence-corrected chi connectivity index (χ3v) is 3.55. The lowest BCUT2D eigenvalue weighted by molar-refractivity contribution is -0.140. The maximum atomic E-state index is 11.9. The Kier molecular flexibility index (Phi) is 3.89. The predicted molar refractivity (Wildman–Crippen MR) is 81.5 cm³/mol. The summed E-state index contributed by atoms with van der Waals surface area (Å²) >= 11 is 0. The van der Waals surface area contributed by atoms with Crippen molar-refractivity contribution in [3.05, 3.63) is 35.4 Å². The number of aliphatic carboxylic acids is 1. The highest BCUT2D eigenvalue weighted by Gasteiger charge is 2.62. The van der Waals surface area contributed by atoms with E-state index in [9.17, 15) is 14.7 Å². The van der Waals surface area contributed by atoms with Gasteiger partial charge >= 0.3 is 12.1 Å². The Morgan fingerprint density at radius 1 is 1.36 bits per heavy atom. The van der Waals surface area contributed by atoms with Crippen LogP contribution in [-0.2, 0) is 9.53 Å². The zero-order valence-corrected chi connectivity index (χ0v) is 12.8. The Bertz CT molecular complexity index is 636. The molecule has 1 aliphatic carbocycles. The molecule has 0 saturated heterocycles. The third-order valence-electron chi connectivity index (χ3n) is 3.55. The number of hydrogen-bond acceptors (Lipinski definition) is 3. The Hall–Kier alpha value is -2.48. The van der Waals surface area contributed by atoms with Crippen molar-refractivity contribution >= 4 is 12.1 Å². The van der Waals surface area contributed by atoms with E-state index in [0.29, 0.717) is 6.42 Å². The van der Waals surface area contributed by atoms with E-state index < -0.39 is 23.2 Å². The SMILES string of the molecule is C#Cc1ccc([C@@H]2C[C@@]2(NC(=O)OC(C)(C)C)C(=O)O)cc1. The lowest BCUT2D eigenvalue weighted by Crippen LogP contribution is -2.46. The van der Waals surface area contributed by atoms with Crippen LogP contribution in [-0.4, -0.2) is 28.3 Å². The number of amides is 1. The molecule has 0 bridgehead atoms. The van der Waals surface area contributed by atoms with Gasteiger partial charge in [0.1, 0.15) is 11.1 Å². The van der Waals surface area contributed by atoms with Gasteiger partial charge in [-0.2, -0.15) is 0 Å². The second kappa shape index (κ2) is 5.38. The number of hydrogen-bond donors (Lipinski definition) is 2. The van der Waals surface area contributed by atoms with Gasteiger partial charge in [-0.05, 0) is 44.9 Å². The van der Waals surface area contributed by atoms with Crippen LogP contribution in [0.25, 0.3) is 0 Å². The zero-order valence-electron chi connectivity index (χ0n) is 12.8. The monoisotopic (exact) mass is 301 g/mol. The fourth-order valence-electron chi connectivity index (χ4n) is 2.39. The van der Waals surface area contributed by atoms with E-state index in [4.69, 9.17) is 11.2 Å². The molecule has 0 heterocycles. The number of ether oxygens (including phenoxy) is 1. The summed E-state index contributed by atoms with van der Waals surface area (Å²) in [6, 6.07) is 7.10. The number of carbonyl (C=O) groups is 2. The summed E-state index contributed by atoms with van der Waals surface area (Å²) in [5.41, 5.74) is -0.425. The molecule has 1 saturated carbocycles. The molecule has 1 amide bonds. The molecule has 22 heavy (non-hydrogen) atoms. The number of terminal acetylenes is 1. The summed E-state index contributed by atoms with van der Waals surface area (Å²) in [5.74, 6) is 1.16. The summed E-state index contributed by atoms with van der Waals surface area (Å²) in [5, 5.41) is 12.0. The molecule has 1 aliphatic rings. The lowest BCUT2D eigenvalue weighted by atomic mass is 10.0. The number of alkyl carbamates (subject to hydrolysis) is 1. The van der Waals surface area contributed by atoms with Gasteiger partial charge in [0.25, 0.3) is 0 Å². The standard InChI is InChI=1S/C17H19NO4/c1-5-11-6-8-12(9-7-11)13-10-17(13,14(19)20)18-15(21)22-16(2,3)4/h1,6-9,13H,10H2,2-4H3,(H,18,21)(H,19,20)/t13-,17-/m0/s1. The van der Waals surface area contributed by atoms with Gasteiger partial charge in [-0.1, -0.05) is 18.1 Å². The van der Waals surface area contributed by atoms with Crippen LogP contribution < -0.4 is 5.32 Å². The van der Waals surface area contributed by atoms with Gasteiger partial charge in [0, 0.05) is 11.5 Å². The fraction of sp³-hybridized carbons (Fsp3) is 0.412. The maximum absolute atomic E-state index is 11.9. The van der Waals surface area contributed by atoms with Crippen molar-refractivity contribution in [2.45, 2.75) is 44.2 Å². The third kappa shape index (κ3) is 3.22. The topological polar surface area (TPSA) is 75.6 Å². The largest absolute Gasteiger partial charge is 0.479 e. The van der Waals surface area contributed by atoms with Gasteiger partial charge in [0.05, 0.1) is 0 Å². The van der Waals surface area contributed by atoms with E-state index in [1.807, 2.05) is 0 Å². The highest BCUT2D eigenvalue weighted by Crippen LogP contribution is 2.51. The molecule has 2 atom stereocenters. The molecule has 1 aromatic rings. The molecule has 0 spiro atoms. The number of carboxylic acid groups (broad SMARTS) is 1. The van der Waals surface area contributed by atoms with Crippen molar-refractivity contribution < 1.29 is 19.4 Å². The second-order valence-corrected chi connectivity index (χ2v) is 6.43. The quantitative estimate of drug-likeness (QED) is 0.841. The molecule has 0 radical (unpaired) electrons. The first-order chi connectivity index (χ1) is 10.2. The average molecular weight is 301 g/mol. The van der Waals surface area contributed by atoms with Crippen molar-refractivity contribution in [1.82, 2.24) is 5.32 Å². The summed E-state index contributed by atoms with van der Waals surface area (Å²) in [6.07, 6.45) is 4.91. The first kappa shape index (κ1) is 15.9. The smallest absolute Gasteiger partial charge is 0.408 e. The van der Waals surface area contributed by atoms with Crippen LogP contribution in [0.1, 0.15) is 44.2 Å². The number of benzene rings is 1. The molecule has 0 aromatic heterocycles. The van der Waals surface area contributed by atoms with Gasteiger partial charge in [0.2, 0.25) is 0 Å². The number of rotatable bonds is 3. The number of carboxylic acids is 1. The van der Waals surface area contributed by atoms with Gasteiger partial charge in [-0.15, -0.1) is 6.42 Å². The van der Waals surface area contributed by atoms with Crippen molar-refractivity contribution in [2.24, 2.45) is 0 Å². The predicted octanol–water partition coefficient (Wildman–Crippen LogP) is 2.50. The van der Waals surface area contributed by atoms with E-state index in [-0.39, 0.29) is 5.92 Å². The lowest BCUT2D eigenvalue weighted by Gasteiger charge is -2.22. The molecular weight excluding hydrogens is 282 g/mol. The minimum atomic E-state index is -1.31.